The van der Waals surface area contributed by atoms with Crippen LogP contribution in [-0.4, -0.2) is 39.3 Å². The number of hydrogen-bond acceptors (Lipinski definition) is 3. The highest BCUT2D eigenvalue weighted by atomic mass is 16.5. The van der Waals surface area contributed by atoms with E-state index in [9.17, 15) is 4.79 Å². The third-order valence-electron chi connectivity index (χ3n) is 3.59. The van der Waals surface area contributed by atoms with Gasteiger partial charge in [0.15, 0.2) is 0 Å². The van der Waals surface area contributed by atoms with Crippen LogP contribution in [0, 0.1) is 5.41 Å². The van der Waals surface area contributed by atoms with E-state index in [-0.39, 0.29) is 11.3 Å². The number of carbonyl (C=O) groups excluding carboxylic acids is 1. The van der Waals surface area contributed by atoms with Crippen LogP contribution in [0.3, 0.4) is 0 Å². The molecule has 0 atom stereocenters. The fourth-order valence-corrected chi connectivity index (χ4v) is 2.42. The SMILES string of the molecule is CCCC1(C(=O)NCCNCCOC)CCC1. The summed E-state index contributed by atoms with van der Waals surface area (Å²) in [5.41, 5.74) is -0.0265. The maximum absolute atomic E-state index is 12.1. The molecule has 1 saturated carbocycles. The van der Waals surface area contributed by atoms with Gasteiger partial charge in [0.25, 0.3) is 0 Å². The molecule has 0 unspecified atom stereocenters. The van der Waals surface area contributed by atoms with Crippen molar-refractivity contribution in [1.82, 2.24) is 10.6 Å². The molecule has 0 aromatic carbocycles. The molecule has 0 aromatic heterocycles. The van der Waals surface area contributed by atoms with Gasteiger partial charge in [-0.25, -0.2) is 0 Å². The third-order valence-corrected chi connectivity index (χ3v) is 3.59. The first-order chi connectivity index (χ1) is 8.25. The number of ether oxygens (including phenoxy) is 1. The van der Waals surface area contributed by atoms with Crippen molar-refractivity contribution in [3.05, 3.63) is 0 Å². The van der Waals surface area contributed by atoms with Crippen LogP contribution in [0.25, 0.3) is 0 Å². The van der Waals surface area contributed by atoms with Gasteiger partial charge in [-0.1, -0.05) is 19.8 Å². The van der Waals surface area contributed by atoms with Gasteiger partial charge in [0.2, 0.25) is 5.91 Å². The van der Waals surface area contributed by atoms with Crippen LogP contribution in [0.15, 0.2) is 0 Å². The minimum Gasteiger partial charge on any atom is -0.383 e. The largest absolute Gasteiger partial charge is 0.383 e. The Morgan fingerprint density at radius 3 is 2.59 bits per heavy atom. The summed E-state index contributed by atoms with van der Waals surface area (Å²) in [6.45, 7) is 5.24. The molecular formula is C13H26N2O2. The Hall–Kier alpha value is -0.610. The van der Waals surface area contributed by atoms with Crippen molar-refractivity contribution >= 4 is 5.91 Å². The molecule has 0 spiro atoms. The summed E-state index contributed by atoms with van der Waals surface area (Å²) in [5.74, 6) is 0.263. The van der Waals surface area contributed by atoms with Crippen LogP contribution >= 0.6 is 0 Å². The highest BCUT2D eigenvalue weighted by Gasteiger charge is 2.42. The quantitative estimate of drug-likeness (QED) is 0.599. The van der Waals surface area contributed by atoms with E-state index in [4.69, 9.17) is 4.74 Å². The molecule has 0 saturated heterocycles. The van der Waals surface area contributed by atoms with Crippen molar-refractivity contribution in [3.8, 4) is 0 Å². The number of rotatable bonds is 9. The van der Waals surface area contributed by atoms with E-state index in [0.29, 0.717) is 13.2 Å². The first kappa shape index (κ1) is 14.5. The third kappa shape index (κ3) is 4.28. The normalized spacial score (nSPS) is 17.5. The molecule has 0 radical (unpaired) electrons. The summed E-state index contributed by atoms with van der Waals surface area (Å²) in [7, 11) is 1.69. The summed E-state index contributed by atoms with van der Waals surface area (Å²) in [5, 5.41) is 6.27. The minimum absolute atomic E-state index is 0.0265. The zero-order valence-electron chi connectivity index (χ0n) is 11.2. The topological polar surface area (TPSA) is 50.4 Å². The fourth-order valence-electron chi connectivity index (χ4n) is 2.42. The molecular weight excluding hydrogens is 216 g/mol. The van der Waals surface area contributed by atoms with E-state index in [1.807, 2.05) is 0 Å². The van der Waals surface area contributed by atoms with Gasteiger partial charge in [0.1, 0.15) is 0 Å². The molecule has 100 valence electrons. The van der Waals surface area contributed by atoms with E-state index in [1.165, 1.54) is 6.42 Å². The maximum Gasteiger partial charge on any atom is 0.226 e. The highest BCUT2D eigenvalue weighted by molar-refractivity contribution is 5.83. The predicted molar refractivity (Wildman–Crippen MR) is 68.9 cm³/mol. The molecule has 1 aliphatic carbocycles. The maximum atomic E-state index is 12.1. The highest BCUT2D eigenvalue weighted by Crippen LogP contribution is 2.44. The number of amides is 1. The van der Waals surface area contributed by atoms with Crippen LogP contribution in [-0.2, 0) is 9.53 Å². The first-order valence-electron chi connectivity index (χ1n) is 6.73. The van der Waals surface area contributed by atoms with Crippen LogP contribution in [0.4, 0.5) is 0 Å². The molecule has 4 nitrogen and oxygen atoms in total. The number of nitrogens with one attached hydrogen (secondary N) is 2. The lowest BCUT2D eigenvalue weighted by Gasteiger charge is -2.40. The molecule has 0 aliphatic heterocycles. The number of hydrogen-bond donors (Lipinski definition) is 2. The zero-order valence-corrected chi connectivity index (χ0v) is 11.2. The molecule has 0 bridgehead atoms. The van der Waals surface area contributed by atoms with Crippen molar-refractivity contribution in [2.45, 2.75) is 39.0 Å². The van der Waals surface area contributed by atoms with Gasteiger partial charge in [0.05, 0.1) is 6.61 Å². The summed E-state index contributed by atoms with van der Waals surface area (Å²) in [6.07, 6.45) is 5.49. The Morgan fingerprint density at radius 1 is 1.29 bits per heavy atom. The van der Waals surface area contributed by atoms with Gasteiger partial charge in [-0.2, -0.15) is 0 Å². The summed E-state index contributed by atoms with van der Waals surface area (Å²) < 4.78 is 4.93. The van der Waals surface area contributed by atoms with Crippen LogP contribution < -0.4 is 10.6 Å². The van der Waals surface area contributed by atoms with Gasteiger partial charge < -0.3 is 15.4 Å². The summed E-state index contributed by atoms with van der Waals surface area (Å²) >= 11 is 0. The Morgan fingerprint density at radius 2 is 2.06 bits per heavy atom. The smallest absolute Gasteiger partial charge is 0.226 e. The number of carbonyl (C=O) groups is 1. The second-order valence-electron chi connectivity index (χ2n) is 4.88. The zero-order chi connectivity index (χ0) is 12.6. The average molecular weight is 242 g/mol. The Bertz CT molecular complexity index is 227. The van der Waals surface area contributed by atoms with E-state index < -0.39 is 0 Å². The van der Waals surface area contributed by atoms with Crippen molar-refractivity contribution in [3.63, 3.8) is 0 Å². The van der Waals surface area contributed by atoms with Gasteiger partial charge in [0, 0.05) is 32.2 Å². The minimum atomic E-state index is -0.0265. The van der Waals surface area contributed by atoms with E-state index in [2.05, 4.69) is 17.6 Å². The van der Waals surface area contributed by atoms with E-state index in [0.717, 1.165) is 38.8 Å². The van der Waals surface area contributed by atoms with Gasteiger partial charge in [-0.3, -0.25) is 4.79 Å². The molecule has 1 fully saturated rings. The summed E-state index contributed by atoms with van der Waals surface area (Å²) in [4.78, 5) is 12.1. The van der Waals surface area contributed by atoms with Crippen molar-refractivity contribution in [2.75, 3.05) is 33.4 Å². The van der Waals surface area contributed by atoms with Crippen molar-refractivity contribution in [2.24, 2.45) is 5.41 Å². The lowest BCUT2D eigenvalue weighted by atomic mass is 9.65. The predicted octanol–water partition coefficient (Wildman–Crippen LogP) is 1.31. The van der Waals surface area contributed by atoms with Crippen LogP contribution in [0.2, 0.25) is 0 Å². The molecule has 4 heteroatoms. The fraction of sp³-hybridized carbons (Fsp3) is 0.923. The second-order valence-corrected chi connectivity index (χ2v) is 4.88. The standard InChI is InChI=1S/C13H26N2O2/c1-3-5-13(6-4-7-13)12(16)15-9-8-14-10-11-17-2/h14H,3-11H2,1-2H3,(H,15,16). The van der Waals surface area contributed by atoms with Crippen molar-refractivity contribution < 1.29 is 9.53 Å². The van der Waals surface area contributed by atoms with Gasteiger partial charge in [-0.15, -0.1) is 0 Å². The van der Waals surface area contributed by atoms with Crippen molar-refractivity contribution in [1.29, 1.82) is 0 Å². The molecule has 0 heterocycles. The van der Waals surface area contributed by atoms with E-state index in [1.54, 1.807) is 7.11 Å². The second kappa shape index (κ2) is 7.67. The van der Waals surface area contributed by atoms with Crippen LogP contribution in [0.5, 0.6) is 0 Å². The van der Waals surface area contributed by atoms with Crippen LogP contribution in [0.1, 0.15) is 39.0 Å². The Balaban J connectivity index is 2.11. The van der Waals surface area contributed by atoms with Gasteiger partial charge >= 0.3 is 0 Å². The lowest BCUT2D eigenvalue weighted by Crippen LogP contribution is -2.47. The molecule has 1 amide bonds. The molecule has 2 N–H and O–H groups in total. The molecule has 1 aliphatic rings. The first-order valence-corrected chi connectivity index (χ1v) is 6.73. The van der Waals surface area contributed by atoms with E-state index >= 15 is 0 Å². The molecule has 0 aromatic rings. The summed E-state index contributed by atoms with van der Waals surface area (Å²) in [6, 6.07) is 0. The molecule has 17 heavy (non-hydrogen) atoms. The Labute approximate surface area is 104 Å². The Kier molecular flexibility index (Phi) is 6.52. The average Bonchev–Trinajstić information content (AvgIpc) is 2.28. The number of methoxy groups -OCH3 is 1. The lowest BCUT2D eigenvalue weighted by molar-refractivity contribution is -0.136. The molecule has 1 rings (SSSR count). The monoisotopic (exact) mass is 242 g/mol. The van der Waals surface area contributed by atoms with Gasteiger partial charge in [-0.05, 0) is 19.3 Å².